The number of rotatable bonds is 9. The molecular weight excluding hydrogens is 502 g/mol. The lowest BCUT2D eigenvalue weighted by atomic mass is 9.71. The summed E-state index contributed by atoms with van der Waals surface area (Å²) in [6, 6.07) is 13.4. The number of carbonyl (C=O) groups excluding carboxylic acids is 2. The van der Waals surface area contributed by atoms with E-state index in [1.54, 1.807) is 7.11 Å². The summed E-state index contributed by atoms with van der Waals surface area (Å²) in [5.41, 5.74) is 5.52. The molecule has 0 N–H and O–H groups in total. The summed E-state index contributed by atoms with van der Waals surface area (Å²) in [7, 11) is 1.68. The fraction of sp³-hybridized carbons (Fsp3) is 0.419. The van der Waals surface area contributed by atoms with Gasteiger partial charge in [-0.05, 0) is 68.0 Å². The lowest BCUT2D eigenvalue weighted by Gasteiger charge is -2.44. The Morgan fingerprint density at radius 1 is 0.868 bits per heavy atom. The van der Waals surface area contributed by atoms with E-state index in [1.165, 1.54) is 0 Å². The second-order valence-electron chi connectivity index (χ2n) is 9.91. The number of ketones is 2. The third-order valence-electron chi connectivity index (χ3n) is 7.51. The van der Waals surface area contributed by atoms with Gasteiger partial charge in [-0.1, -0.05) is 29.8 Å². The van der Waals surface area contributed by atoms with Gasteiger partial charge in [-0.2, -0.15) is 0 Å². The smallest absolute Gasteiger partial charge is 0.161 e. The third kappa shape index (κ3) is 5.25. The van der Waals surface area contributed by atoms with Gasteiger partial charge in [-0.25, -0.2) is 0 Å². The largest absolute Gasteiger partial charge is 0.490 e. The number of methoxy groups -OCH3 is 1. The van der Waals surface area contributed by atoms with Gasteiger partial charge in [0.25, 0.3) is 0 Å². The van der Waals surface area contributed by atoms with E-state index in [9.17, 15) is 9.59 Å². The molecule has 0 fully saturated rings. The zero-order valence-corrected chi connectivity index (χ0v) is 22.8. The first-order valence-electron chi connectivity index (χ1n) is 13.4. The van der Waals surface area contributed by atoms with Crippen molar-refractivity contribution in [3.8, 4) is 11.5 Å². The monoisotopic (exact) mass is 535 g/mol. The number of carbonyl (C=O) groups is 2. The third-order valence-corrected chi connectivity index (χ3v) is 7.77. The average Bonchev–Trinajstić information content (AvgIpc) is 2.92. The fourth-order valence-electron chi connectivity index (χ4n) is 5.84. The lowest BCUT2D eigenvalue weighted by Crippen LogP contribution is -2.40. The Bertz CT molecular complexity index is 1240. The zero-order chi connectivity index (χ0) is 26.6. The van der Waals surface area contributed by atoms with E-state index in [2.05, 4.69) is 4.90 Å². The highest BCUT2D eigenvalue weighted by Gasteiger charge is 2.43. The van der Waals surface area contributed by atoms with Crippen LogP contribution >= 0.6 is 11.6 Å². The Morgan fingerprint density at radius 2 is 1.53 bits per heavy atom. The van der Waals surface area contributed by atoms with Crippen LogP contribution < -0.4 is 9.47 Å². The predicted octanol–water partition coefficient (Wildman–Crippen LogP) is 6.38. The van der Waals surface area contributed by atoms with Gasteiger partial charge in [-0.15, -0.1) is 0 Å². The van der Waals surface area contributed by atoms with Gasteiger partial charge in [0.15, 0.2) is 23.1 Å². The minimum Gasteiger partial charge on any atom is -0.490 e. The van der Waals surface area contributed by atoms with E-state index in [0.29, 0.717) is 55.7 Å². The summed E-state index contributed by atoms with van der Waals surface area (Å²) in [4.78, 5) is 29.1. The normalized spacial score (nSPS) is 18.0. The highest BCUT2D eigenvalue weighted by molar-refractivity contribution is 6.30. The van der Waals surface area contributed by atoms with Gasteiger partial charge in [0.1, 0.15) is 6.61 Å². The maximum atomic E-state index is 13.5. The topological polar surface area (TPSA) is 65.1 Å². The van der Waals surface area contributed by atoms with Crippen molar-refractivity contribution in [2.45, 2.75) is 58.0 Å². The Hall–Kier alpha value is -3.09. The molecule has 1 heterocycles. The number of nitrogens with zero attached hydrogens (tertiary/aromatic N) is 1. The molecule has 6 nitrogen and oxygen atoms in total. The quantitative estimate of drug-likeness (QED) is 0.371. The molecule has 5 rings (SSSR count). The summed E-state index contributed by atoms with van der Waals surface area (Å²) in [6.07, 6.45) is 4.31. The number of hydrogen-bond donors (Lipinski definition) is 0. The van der Waals surface area contributed by atoms with Crippen LogP contribution in [0.1, 0.15) is 62.5 Å². The van der Waals surface area contributed by atoms with Crippen LogP contribution in [0.25, 0.3) is 0 Å². The van der Waals surface area contributed by atoms with Crippen molar-refractivity contribution in [3.63, 3.8) is 0 Å². The van der Waals surface area contributed by atoms with Crippen molar-refractivity contribution in [1.82, 2.24) is 4.90 Å². The molecule has 0 aromatic heterocycles. The first-order valence-corrected chi connectivity index (χ1v) is 13.8. The molecule has 200 valence electrons. The molecule has 1 aliphatic heterocycles. The zero-order valence-electron chi connectivity index (χ0n) is 22.1. The standard InChI is InChI=1S/C31H34ClNO5/c1-3-37-28-18-21(12-15-27(28)38-19-20-10-13-22(32)14-11-20)29-30-23(6-4-8-25(30)34)33(16-17-36-2)24-7-5-9-26(35)31(24)29/h10-15,18,29H,3-9,16-17,19H2,1-2H3. The molecule has 2 aromatic rings. The molecule has 0 saturated heterocycles. The minimum absolute atomic E-state index is 0.129. The molecule has 0 radical (unpaired) electrons. The number of halogens is 1. The molecule has 0 bridgehead atoms. The Kier molecular flexibility index (Phi) is 8.20. The van der Waals surface area contributed by atoms with Gasteiger partial charge in [0.05, 0.1) is 13.2 Å². The van der Waals surface area contributed by atoms with Crippen molar-refractivity contribution < 1.29 is 23.8 Å². The maximum Gasteiger partial charge on any atom is 0.161 e. The molecule has 7 heteroatoms. The highest BCUT2D eigenvalue weighted by Crippen LogP contribution is 2.50. The van der Waals surface area contributed by atoms with E-state index in [4.69, 9.17) is 25.8 Å². The van der Waals surface area contributed by atoms with Crippen LogP contribution in [0, 0.1) is 0 Å². The molecule has 0 amide bonds. The molecule has 0 saturated carbocycles. The number of Topliss-reactive ketones (excluding diaryl/α,β-unsaturated/α-hetero) is 2. The van der Waals surface area contributed by atoms with Gasteiger partial charge in [0.2, 0.25) is 0 Å². The van der Waals surface area contributed by atoms with E-state index in [1.807, 2.05) is 49.4 Å². The van der Waals surface area contributed by atoms with E-state index < -0.39 is 0 Å². The number of allylic oxidation sites excluding steroid dienone is 4. The second-order valence-corrected chi connectivity index (χ2v) is 10.3. The SMILES string of the molecule is CCOc1cc(C2C3=C(CCCC3=O)N(CCOC)C3=C2C(=O)CCC3)ccc1OCc1ccc(Cl)cc1. The van der Waals surface area contributed by atoms with Crippen LogP contribution in [-0.4, -0.2) is 43.3 Å². The number of benzene rings is 2. The van der Waals surface area contributed by atoms with Gasteiger partial charge >= 0.3 is 0 Å². The molecule has 2 aliphatic carbocycles. The van der Waals surface area contributed by atoms with Crippen molar-refractivity contribution in [2.24, 2.45) is 0 Å². The summed E-state index contributed by atoms with van der Waals surface area (Å²) in [5, 5.41) is 0.679. The maximum absolute atomic E-state index is 13.5. The first-order chi connectivity index (χ1) is 18.5. The summed E-state index contributed by atoms with van der Waals surface area (Å²) in [6.45, 7) is 3.95. The van der Waals surface area contributed by atoms with E-state index in [-0.39, 0.29) is 17.5 Å². The van der Waals surface area contributed by atoms with Crippen molar-refractivity contribution in [3.05, 3.63) is 81.2 Å². The van der Waals surface area contributed by atoms with Crippen LogP contribution in [-0.2, 0) is 20.9 Å². The molecule has 0 unspecified atom stereocenters. The van der Waals surface area contributed by atoms with Crippen LogP contribution in [0.4, 0.5) is 0 Å². The summed E-state index contributed by atoms with van der Waals surface area (Å²) >= 11 is 6.01. The van der Waals surface area contributed by atoms with Gasteiger partial charge in [0, 0.05) is 60.0 Å². The van der Waals surface area contributed by atoms with Crippen LogP contribution in [0.3, 0.4) is 0 Å². The molecule has 0 atom stereocenters. The van der Waals surface area contributed by atoms with Gasteiger partial charge in [-0.3, -0.25) is 9.59 Å². The lowest BCUT2D eigenvalue weighted by molar-refractivity contribution is -0.117. The van der Waals surface area contributed by atoms with Crippen molar-refractivity contribution in [1.29, 1.82) is 0 Å². The Labute approximate surface area is 229 Å². The van der Waals surface area contributed by atoms with Gasteiger partial charge < -0.3 is 19.1 Å². The summed E-state index contributed by atoms with van der Waals surface area (Å²) in [5.74, 6) is 1.10. The summed E-state index contributed by atoms with van der Waals surface area (Å²) < 4.78 is 17.5. The molecular formula is C31H34ClNO5. The van der Waals surface area contributed by atoms with Crippen LogP contribution in [0.5, 0.6) is 11.5 Å². The molecule has 2 aromatic carbocycles. The minimum atomic E-state index is -0.385. The number of hydrogen-bond acceptors (Lipinski definition) is 6. The fourth-order valence-corrected chi connectivity index (χ4v) is 5.96. The molecule has 3 aliphatic rings. The van der Waals surface area contributed by atoms with Crippen LogP contribution in [0.15, 0.2) is 65.0 Å². The van der Waals surface area contributed by atoms with E-state index >= 15 is 0 Å². The second kappa shape index (κ2) is 11.7. The molecule has 38 heavy (non-hydrogen) atoms. The van der Waals surface area contributed by atoms with Crippen molar-refractivity contribution in [2.75, 3.05) is 26.9 Å². The predicted molar refractivity (Wildman–Crippen MR) is 146 cm³/mol. The molecule has 0 spiro atoms. The first kappa shape index (κ1) is 26.5. The van der Waals surface area contributed by atoms with Crippen LogP contribution in [0.2, 0.25) is 5.02 Å². The highest BCUT2D eigenvalue weighted by atomic mass is 35.5. The Morgan fingerprint density at radius 3 is 2.13 bits per heavy atom. The number of ether oxygens (including phenoxy) is 3. The Balaban J connectivity index is 1.55. The average molecular weight is 536 g/mol. The van der Waals surface area contributed by atoms with E-state index in [0.717, 1.165) is 59.4 Å². The van der Waals surface area contributed by atoms with Crippen molar-refractivity contribution >= 4 is 23.2 Å².